The lowest BCUT2D eigenvalue weighted by Gasteiger charge is -2.36. The Balaban J connectivity index is 2.23. The standard InChI is InChI=1S/C21H34N2O5S/c1-5-8-13-22-21(24)17-10-9-16(4)23(15-17)29(25,26)18-11-12-19(27-6-2)20(14-18)28-7-3/h11-12,14,16-17H,5-10,13,15H2,1-4H3,(H,22,24). The maximum atomic E-state index is 13.3. The largest absolute Gasteiger partial charge is 0.490 e. The van der Waals surface area contributed by atoms with Gasteiger partial charge >= 0.3 is 0 Å². The fraction of sp³-hybridized carbons (Fsp3) is 0.667. The molecule has 0 bridgehead atoms. The number of hydrogen-bond donors (Lipinski definition) is 1. The number of carbonyl (C=O) groups is 1. The zero-order chi connectivity index (χ0) is 21.4. The SMILES string of the molecule is CCCCNC(=O)C1CCC(C)N(S(=O)(=O)c2ccc(OCC)c(OCC)c2)C1. The van der Waals surface area contributed by atoms with Crippen LogP contribution in [0, 0.1) is 5.92 Å². The van der Waals surface area contributed by atoms with E-state index in [1.807, 2.05) is 20.8 Å². The molecule has 0 aliphatic carbocycles. The fourth-order valence-corrected chi connectivity index (χ4v) is 5.21. The number of benzene rings is 1. The third-order valence-electron chi connectivity index (χ3n) is 5.15. The zero-order valence-corrected chi connectivity index (χ0v) is 18.8. The van der Waals surface area contributed by atoms with Crippen LogP contribution in [-0.2, 0) is 14.8 Å². The molecule has 2 rings (SSSR count). The number of unbranched alkanes of at least 4 members (excludes halogenated alkanes) is 1. The lowest BCUT2D eigenvalue weighted by molar-refractivity contribution is -0.126. The predicted octanol–water partition coefficient (Wildman–Crippen LogP) is 3.19. The van der Waals surface area contributed by atoms with E-state index in [9.17, 15) is 13.2 Å². The molecule has 164 valence electrons. The molecule has 1 aromatic rings. The van der Waals surface area contributed by atoms with Crippen LogP contribution in [-0.4, -0.2) is 51.0 Å². The Bertz CT molecular complexity index is 781. The molecule has 0 saturated carbocycles. The molecule has 0 aromatic heterocycles. The van der Waals surface area contributed by atoms with Crippen molar-refractivity contribution >= 4 is 15.9 Å². The molecule has 2 atom stereocenters. The summed E-state index contributed by atoms with van der Waals surface area (Å²) in [5.74, 6) is 0.543. The number of carbonyl (C=O) groups excluding carboxylic acids is 1. The van der Waals surface area contributed by atoms with E-state index in [-0.39, 0.29) is 29.3 Å². The highest BCUT2D eigenvalue weighted by Gasteiger charge is 2.37. The summed E-state index contributed by atoms with van der Waals surface area (Å²) >= 11 is 0. The summed E-state index contributed by atoms with van der Waals surface area (Å²) in [6.07, 6.45) is 3.27. The Labute approximate surface area is 174 Å². The second-order valence-electron chi connectivity index (χ2n) is 7.32. The van der Waals surface area contributed by atoms with Gasteiger partial charge in [-0.3, -0.25) is 4.79 Å². The number of rotatable bonds is 10. The number of nitrogens with one attached hydrogen (secondary N) is 1. The van der Waals surface area contributed by atoms with Gasteiger partial charge in [0.25, 0.3) is 0 Å². The third-order valence-corrected chi connectivity index (χ3v) is 7.12. The summed E-state index contributed by atoms with van der Waals surface area (Å²) < 4.78 is 39.3. The van der Waals surface area contributed by atoms with Gasteiger partial charge < -0.3 is 14.8 Å². The Morgan fingerprint density at radius 2 is 1.83 bits per heavy atom. The van der Waals surface area contributed by atoms with E-state index in [4.69, 9.17) is 9.47 Å². The number of hydrogen-bond acceptors (Lipinski definition) is 5. The van der Waals surface area contributed by atoms with Gasteiger partial charge in [0.05, 0.1) is 24.0 Å². The van der Waals surface area contributed by atoms with Gasteiger partial charge in [-0.1, -0.05) is 13.3 Å². The summed E-state index contributed by atoms with van der Waals surface area (Å²) in [5, 5.41) is 2.93. The van der Waals surface area contributed by atoms with Crippen LogP contribution in [0.25, 0.3) is 0 Å². The Kier molecular flexibility index (Phi) is 8.77. The number of nitrogens with zero attached hydrogens (tertiary/aromatic N) is 1. The van der Waals surface area contributed by atoms with Crippen LogP contribution in [0.1, 0.15) is 53.4 Å². The van der Waals surface area contributed by atoms with Crippen molar-refractivity contribution in [1.82, 2.24) is 9.62 Å². The first-order valence-electron chi connectivity index (χ1n) is 10.5. The Hall–Kier alpha value is -1.80. The monoisotopic (exact) mass is 426 g/mol. The molecule has 1 N–H and O–H groups in total. The maximum absolute atomic E-state index is 13.3. The van der Waals surface area contributed by atoms with Gasteiger partial charge in [-0.25, -0.2) is 8.42 Å². The van der Waals surface area contributed by atoms with Crippen LogP contribution in [0.4, 0.5) is 0 Å². The van der Waals surface area contributed by atoms with Crippen LogP contribution < -0.4 is 14.8 Å². The molecule has 1 heterocycles. The maximum Gasteiger partial charge on any atom is 0.243 e. The molecular formula is C21H34N2O5S. The van der Waals surface area contributed by atoms with Gasteiger partial charge in [-0.05, 0) is 52.2 Å². The number of amides is 1. The van der Waals surface area contributed by atoms with Crippen molar-refractivity contribution in [3.63, 3.8) is 0 Å². The van der Waals surface area contributed by atoms with Crippen molar-refractivity contribution in [2.24, 2.45) is 5.92 Å². The quantitative estimate of drug-likeness (QED) is 0.581. The lowest BCUT2D eigenvalue weighted by atomic mass is 9.94. The third kappa shape index (κ3) is 5.85. The predicted molar refractivity (Wildman–Crippen MR) is 113 cm³/mol. The average molecular weight is 427 g/mol. The highest BCUT2D eigenvalue weighted by Crippen LogP contribution is 2.34. The van der Waals surface area contributed by atoms with Crippen molar-refractivity contribution in [2.75, 3.05) is 26.3 Å². The summed E-state index contributed by atoms with van der Waals surface area (Å²) in [5.41, 5.74) is 0. The molecule has 0 spiro atoms. The van der Waals surface area contributed by atoms with E-state index in [2.05, 4.69) is 12.2 Å². The molecule has 7 nitrogen and oxygen atoms in total. The topological polar surface area (TPSA) is 84.9 Å². The van der Waals surface area contributed by atoms with Crippen LogP contribution in [0.5, 0.6) is 11.5 Å². The van der Waals surface area contributed by atoms with Crippen molar-refractivity contribution < 1.29 is 22.7 Å². The van der Waals surface area contributed by atoms with Crippen molar-refractivity contribution in [2.45, 2.75) is 64.3 Å². The first-order valence-corrected chi connectivity index (χ1v) is 12.0. The molecule has 1 saturated heterocycles. The van der Waals surface area contributed by atoms with Gasteiger partial charge in [0.2, 0.25) is 15.9 Å². The van der Waals surface area contributed by atoms with Crippen LogP contribution in [0.3, 0.4) is 0 Å². The smallest absolute Gasteiger partial charge is 0.243 e. The molecule has 1 amide bonds. The molecule has 2 unspecified atom stereocenters. The van der Waals surface area contributed by atoms with E-state index in [1.165, 1.54) is 10.4 Å². The van der Waals surface area contributed by atoms with Crippen LogP contribution in [0.15, 0.2) is 23.1 Å². The molecule has 1 aliphatic heterocycles. The second kappa shape index (κ2) is 10.8. The molecule has 8 heteroatoms. The van der Waals surface area contributed by atoms with E-state index in [0.29, 0.717) is 44.1 Å². The van der Waals surface area contributed by atoms with E-state index in [1.54, 1.807) is 12.1 Å². The van der Waals surface area contributed by atoms with Gasteiger partial charge in [-0.15, -0.1) is 0 Å². The summed E-state index contributed by atoms with van der Waals surface area (Å²) in [7, 11) is -3.76. The van der Waals surface area contributed by atoms with Crippen LogP contribution >= 0.6 is 0 Å². The number of piperidine rings is 1. The summed E-state index contributed by atoms with van der Waals surface area (Å²) in [4.78, 5) is 12.6. The minimum atomic E-state index is -3.76. The Morgan fingerprint density at radius 1 is 1.14 bits per heavy atom. The van der Waals surface area contributed by atoms with E-state index < -0.39 is 10.0 Å². The van der Waals surface area contributed by atoms with Crippen LogP contribution in [0.2, 0.25) is 0 Å². The lowest BCUT2D eigenvalue weighted by Crippen LogP contribution is -2.49. The second-order valence-corrected chi connectivity index (χ2v) is 9.21. The summed E-state index contributed by atoms with van der Waals surface area (Å²) in [6.45, 7) is 9.35. The van der Waals surface area contributed by atoms with E-state index in [0.717, 1.165) is 12.8 Å². The molecule has 1 aliphatic rings. The zero-order valence-electron chi connectivity index (χ0n) is 17.9. The van der Waals surface area contributed by atoms with Gasteiger partial charge in [-0.2, -0.15) is 4.31 Å². The Morgan fingerprint density at radius 3 is 2.48 bits per heavy atom. The minimum Gasteiger partial charge on any atom is -0.490 e. The molecule has 1 aromatic carbocycles. The number of ether oxygens (including phenoxy) is 2. The average Bonchev–Trinajstić information content (AvgIpc) is 2.70. The molecular weight excluding hydrogens is 392 g/mol. The number of sulfonamides is 1. The van der Waals surface area contributed by atoms with Crippen molar-refractivity contribution in [3.8, 4) is 11.5 Å². The van der Waals surface area contributed by atoms with Gasteiger partial charge in [0.15, 0.2) is 11.5 Å². The normalized spacial score (nSPS) is 20.3. The highest BCUT2D eigenvalue weighted by molar-refractivity contribution is 7.89. The fourth-order valence-electron chi connectivity index (χ4n) is 3.48. The van der Waals surface area contributed by atoms with Gasteiger partial charge in [0.1, 0.15) is 0 Å². The first-order chi connectivity index (χ1) is 13.8. The van der Waals surface area contributed by atoms with Crippen molar-refractivity contribution in [3.05, 3.63) is 18.2 Å². The van der Waals surface area contributed by atoms with Gasteiger partial charge in [0, 0.05) is 25.2 Å². The molecule has 1 fully saturated rings. The summed E-state index contributed by atoms with van der Waals surface area (Å²) in [6, 6.07) is 4.52. The molecule has 29 heavy (non-hydrogen) atoms. The first kappa shape index (κ1) is 23.5. The highest BCUT2D eigenvalue weighted by atomic mass is 32.2. The minimum absolute atomic E-state index is 0.0627. The van der Waals surface area contributed by atoms with E-state index >= 15 is 0 Å². The van der Waals surface area contributed by atoms with Crippen molar-refractivity contribution in [1.29, 1.82) is 0 Å². The molecule has 0 radical (unpaired) electrons.